The number of amides is 1. The first-order valence-corrected chi connectivity index (χ1v) is 30.5. The van der Waals surface area contributed by atoms with Crippen LogP contribution in [-0.2, 0) is 23.8 Å². The van der Waals surface area contributed by atoms with Gasteiger partial charge in [0.15, 0.2) is 34.7 Å². The summed E-state index contributed by atoms with van der Waals surface area (Å²) in [5.74, 6) is -4.23. The SMILES string of the molecule is COc1c(N2CCNC(C)C2)c(F)cc2c(=O)c(C(=O)OCOC(=O)N3CCCC4CN(c5c(F)cc6c(=O)c(C(=O)OCCC(=O)[C@@]7(O)CCC8C9CCC%10=CC(=O)C=C[C@]%10(C)C9[C@@H](O)C[C@@]87C)cn(C7CC7)c6c5OC)CC43)cn(C3CC3)c12. The molecule has 9 aliphatic rings. The molecular formula is C64H74F2N6O14. The molecule has 86 heavy (non-hydrogen) atoms. The normalized spacial score (nSPS) is 30.3. The van der Waals surface area contributed by atoms with Gasteiger partial charge in [0.2, 0.25) is 17.7 Å². The highest BCUT2D eigenvalue weighted by molar-refractivity contribution is 6.02. The molecular weight excluding hydrogens is 1110 g/mol. The summed E-state index contributed by atoms with van der Waals surface area (Å²) >= 11 is 0. The monoisotopic (exact) mass is 1190 g/mol. The molecule has 0 spiro atoms. The number of nitrogens with one attached hydrogen (secondary N) is 1. The van der Waals surface area contributed by atoms with Crippen molar-refractivity contribution in [1.82, 2.24) is 19.4 Å². The molecule has 6 unspecified atom stereocenters. The van der Waals surface area contributed by atoms with Gasteiger partial charge >= 0.3 is 18.0 Å². The summed E-state index contributed by atoms with van der Waals surface area (Å²) in [5, 5.41) is 27.3. The van der Waals surface area contributed by atoms with E-state index in [1.165, 1.54) is 31.5 Å². The third-order valence-electron chi connectivity index (χ3n) is 21.2. The van der Waals surface area contributed by atoms with E-state index in [9.17, 15) is 43.8 Å². The molecule has 4 aromatic rings. The highest BCUT2D eigenvalue weighted by Gasteiger charge is 2.68. The Kier molecular flexibility index (Phi) is 14.5. The fourth-order valence-electron chi connectivity index (χ4n) is 16.8. The highest BCUT2D eigenvalue weighted by atomic mass is 19.1. The molecule has 13 rings (SSSR count). The van der Waals surface area contributed by atoms with Crippen molar-refractivity contribution in [2.45, 2.75) is 134 Å². The van der Waals surface area contributed by atoms with Crippen LogP contribution in [0.4, 0.5) is 25.0 Å². The van der Waals surface area contributed by atoms with Crippen LogP contribution in [0.15, 0.2) is 57.9 Å². The Morgan fingerprint density at radius 2 is 1.41 bits per heavy atom. The van der Waals surface area contributed by atoms with Crippen molar-refractivity contribution in [2.75, 3.05) is 76.7 Å². The number of piperidine rings is 1. The Hall–Kier alpha value is -7.17. The Labute approximate surface area is 495 Å². The van der Waals surface area contributed by atoms with Gasteiger partial charge in [0, 0.05) is 93.0 Å². The molecule has 3 saturated heterocycles. The van der Waals surface area contributed by atoms with Crippen LogP contribution in [0.5, 0.6) is 11.5 Å². The van der Waals surface area contributed by atoms with Gasteiger partial charge in [-0.3, -0.25) is 19.2 Å². The van der Waals surface area contributed by atoms with E-state index in [1.807, 2.05) is 24.8 Å². The number of esters is 2. The Morgan fingerprint density at radius 1 is 0.779 bits per heavy atom. The van der Waals surface area contributed by atoms with Crippen molar-refractivity contribution in [2.24, 2.45) is 34.5 Å². The fourth-order valence-corrected chi connectivity index (χ4v) is 16.8. The fraction of sp³-hybridized carbons (Fsp3) is 0.578. The molecule has 8 fully saturated rings. The number of rotatable bonds is 14. The molecule has 0 bridgehead atoms. The number of pyridine rings is 2. The number of ketones is 2. The number of anilines is 2. The molecule has 458 valence electrons. The average Bonchev–Trinajstić information content (AvgIpc) is 2.06. The summed E-state index contributed by atoms with van der Waals surface area (Å²) in [6.45, 7) is 7.10. The minimum absolute atomic E-state index is 0.00261. The number of aromatic nitrogens is 2. The lowest BCUT2D eigenvalue weighted by atomic mass is 9.46. The van der Waals surface area contributed by atoms with Gasteiger partial charge in [-0.15, -0.1) is 0 Å². The molecule has 3 aliphatic heterocycles. The number of aliphatic hydroxyl groups excluding tert-OH is 1. The van der Waals surface area contributed by atoms with Gasteiger partial charge in [-0.1, -0.05) is 25.5 Å². The lowest BCUT2D eigenvalue weighted by Gasteiger charge is -2.59. The zero-order valence-corrected chi connectivity index (χ0v) is 49.2. The van der Waals surface area contributed by atoms with Crippen molar-refractivity contribution < 1.29 is 66.7 Å². The van der Waals surface area contributed by atoms with Crippen molar-refractivity contribution in [3.63, 3.8) is 0 Å². The summed E-state index contributed by atoms with van der Waals surface area (Å²) in [5.41, 5.74) is -3.57. The maximum atomic E-state index is 16.9. The molecule has 1 amide bonds. The summed E-state index contributed by atoms with van der Waals surface area (Å²) in [6, 6.07) is 1.63. The zero-order valence-electron chi connectivity index (χ0n) is 49.2. The van der Waals surface area contributed by atoms with Gasteiger partial charge in [-0.25, -0.2) is 23.2 Å². The molecule has 2 aromatic carbocycles. The minimum atomic E-state index is -1.80. The van der Waals surface area contributed by atoms with Crippen LogP contribution in [0.3, 0.4) is 0 Å². The highest BCUT2D eigenvalue weighted by Crippen LogP contribution is 2.67. The molecule has 0 radical (unpaired) electrons. The number of piperazine rings is 1. The summed E-state index contributed by atoms with van der Waals surface area (Å²) in [6.07, 6.45) is 12.6. The average molecular weight is 1190 g/mol. The van der Waals surface area contributed by atoms with Gasteiger partial charge in [0.1, 0.15) is 28.1 Å². The molecule has 5 heterocycles. The Bertz CT molecular complexity index is 3720. The van der Waals surface area contributed by atoms with Crippen LogP contribution in [0.25, 0.3) is 21.8 Å². The third kappa shape index (κ3) is 9.31. The first kappa shape index (κ1) is 57.9. The van der Waals surface area contributed by atoms with Crippen LogP contribution in [0.2, 0.25) is 0 Å². The number of halogens is 2. The maximum absolute atomic E-state index is 16.9. The topological polar surface area (TPSA) is 238 Å². The predicted molar refractivity (Wildman–Crippen MR) is 311 cm³/mol. The van der Waals surface area contributed by atoms with E-state index in [4.69, 9.17) is 23.7 Å². The first-order valence-electron chi connectivity index (χ1n) is 30.5. The second kappa shape index (κ2) is 21.6. The number of ether oxygens (including phenoxy) is 5. The van der Waals surface area contributed by atoms with E-state index in [0.29, 0.717) is 76.8 Å². The van der Waals surface area contributed by atoms with Crippen LogP contribution < -0.4 is 35.4 Å². The first-order chi connectivity index (χ1) is 41.2. The van der Waals surface area contributed by atoms with E-state index in [2.05, 4.69) is 12.2 Å². The Balaban J connectivity index is 0.679. The van der Waals surface area contributed by atoms with Gasteiger partial charge in [-0.2, -0.15) is 0 Å². The van der Waals surface area contributed by atoms with E-state index in [0.717, 1.165) is 37.0 Å². The number of likely N-dealkylation sites (tertiary alicyclic amines) is 1. The summed E-state index contributed by atoms with van der Waals surface area (Å²) in [7, 11) is 2.80. The summed E-state index contributed by atoms with van der Waals surface area (Å²) in [4.78, 5) is 102. The van der Waals surface area contributed by atoms with Gasteiger partial charge in [-0.05, 0) is 120 Å². The Morgan fingerprint density at radius 3 is 2.02 bits per heavy atom. The standard InChI is InChI=1S/C64H74F2N6O14/c1-33-27-68(21-19-67-33)53-45(65)24-40-51(57(53)82-4)72(37-11-12-37)30-43(56(40)77)60(79)85-32-86-61(80)70-20-6-7-34-28-69(31-47(34)70)54-46(66)25-41-52(58(54)83-5)71(36-9-10-36)29-42(55(41)76)59(78)84-22-16-49(75)64(81)18-15-44-39-13-8-35-23-38(73)14-17-62(35,2)50(39)48(74)26-63(44,64)3/h14,17,23-25,29-30,33-34,36-37,39,44,47-48,50,67,74,81H,6-13,15-16,18-22,26-28,31-32H2,1-5H3/t33?,34?,39?,44?,47?,48-,50?,62-,63-,64-/m0/s1. The molecule has 10 atom stereocenters. The quantitative estimate of drug-likeness (QED) is 0.0846. The number of allylic oxidation sites excluding steroid dienone is 4. The zero-order chi connectivity index (χ0) is 60.5. The minimum Gasteiger partial charge on any atom is -0.492 e. The van der Waals surface area contributed by atoms with Crippen LogP contribution in [-0.4, -0.2) is 145 Å². The number of hydrogen-bond donors (Lipinski definition) is 3. The second-order valence-electron chi connectivity index (χ2n) is 26.0. The second-order valence-corrected chi connectivity index (χ2v) is 26.0. The van der Waals surface area contributed by atoms with Crippen molar-refractivity contribution >= 4 is 62.8 Å². The molecule has 20 nitrogen and oxygen atoms in total. The number of nitrogens with zero attached hydrogens (tertiary/aromatic N) is 5. The largest absolute Gasteiger partial charge is 0.492 e. The number of benzene rings is 2. The van der Waals surface area contributed by atoms with E-state index >= 15 is 8.78 Å². The number of carbonyl (C=O) groups excluding carboxylic acids is 5. The number of carbonyl (C=O) groups is 5. The van der Waals surface area contributed by atoms with Crippen LogP contribution in [0, 0.1) is 46.1 Å². The molecule has 22 heteroatoms. The van der Waals surface area contributed by atoms with E-state index < -0.39 is 88.3 Å². The van der Waals surface area contributed by atoms with Crippen molar-refractivity contribution in [1.29, 1.82) is 0 Å². The number of methoxy groups -OCH3 is 2. The van der Waals surface area contributed by atoms with Gasteiger partial charge < -0.3 is 63.0 Å². The molecule has 6 aliphatic carbocycles. The third-order valence-corrected chi connectivity index (χ3v) is 21.2. The maximum Gasteiger partial charge on any atom is 0.412 e. The molecule has 3 N–H and O–H groups in total. The van der Waals surface area contributed by atoms with Crippen molar-refractivity contribution in [3.8, 4) is 11.5 Å². The number of hydrogen-bond acceptors (Lipinski definition) is 17. The van der Waals surface area contributed by atoms with Gasteiger partial charge in [0.25, 0.3) is 0 Å². The lowest BCUT2D eigenvalue weighted by Crippen LogP contribution is -2.61. The smallest absolute Gasteiger partial charge is 0.412 e. The number of aliphatic hydroxyl groups is 2. The lowest BCUT2D eigenvalue weighted by molar-refractivity contribution is -0.177. The van der Waals surface area contributed by atoms with E-state index in [-0.39, 0.29) is 124 Å². The predicted octanol–water partition coefficient (Wildman–Crippen LogP) is 7.06. The van der Waals surface area contributed by atoms with E-state index in [1.54, 1.807) is 26.2 Å². The molecule has 2 aromatic heterocycles. The van der Waals surface area contributed by atoms with Gasteiger partial charge in [0.05, 0.1) is 54.8 Å². The van der Waals surface area contributed by atoms with Crippen LogP contribution in [0.1, 0.15) is 131 Å². The summed E-state index contributed by atoms with van der Waals surface area (Å²) < 4.78 is 64.9. The molecule has 5 saturated carbocycles. The van der Waals surface area contributed by atoms with Crippen LogP contribution >= 0.6 is 0 Å². The number of Topliss-reactive ketones (excluding diaryl/α,β-unsaturated/α-hetero) is 1. The van der Waals surface area contributed by atoms with Crippen molar-refractivity contribution in [3.05, 3.63) is 91.5 Å². The number of fused-ring (bicyclic) bond motifs is 8.